The van der Waals surface area contributed by atoms with Crippen LogP contribution in [-0.4, -0.2) is 35.6 Å². The Balaban J connectivity index is 1.51. The van der Waals surface area contributed by atoms with Crippen molar-refractivity contribution in [2.45, 2.75) is 13.0 Å². The molecule has 29 heavy (non-hydrogen) atoms. The second kappa shape index (κ2) is 9.66. The van der Waals surface area contributed by atoms with E-state index in [-0.39, 0.29) is 12.0 Å². The van der Waals surface area contributed by atoms with E-state index in [0.29, 0.717) is 29.8 Å². The lowest BCUT2D eigenvalue weighted by Crippen LogP contribution is -2.20. The highest BCUT2D eigenvalue weighted by atomic mass is 16.5. The molecule has 1 aromatic carbocycles. The second-order valence-electron chi connectivity index (χ2n) is 6.76. The monoisotopic (exact) mass is 391 g/mol. The molecule has 1 aliphatic rings. The highest BCUT2D eigenvalue weighted by Gasteiger charge is 2.15. The zero-order chi connectivity index (χ0) is 20.6. The van der Waals surface area contributed by atoms with Crippen LogP contribution in [0.3, 0.4) is 0 Å². The predicted octanol–water partition coefficient (Wildman–Crippen LogP) is 3.27. The minimum absolute atomic E-state index is 0.122. The molecule has 2 aromatic rings. The Labute approximate surface area is 170 Å². The molecule has 4 N–H and O–H groups in total. The predicted molar refractivity (Wildman–Crippen MR) is 116 cm³/mol. The van der Waals surface area contributed by atoms with Crippen molar-refractivity contribution in [3.05, 3.63) is 72.1 Å². The Morgan fingerprint density at radius 2 is 2.03 bits per heavy atom. The van der Waals surface area contributed by atoms with Gasteiger partial charge in [0.15, 0.2) is 0 Å². The van der Waals surface area contributed by atoms with Crippen LogP contribution in [0.1, 0.15) is 12.5 Å². The van der Waals surface area contributed by atoms with E-state index >= 15 is 0 Å². The quantitative estimate of drug-likeness (QED) is 0.495. The Kier molecular flexibility index (Phi) is 6.76. The van der Waals surface area contributed by atoms with Gasteiger partial charge >= 0.3 is 0 Å². The van der Waals surface area contributed by atoms with Crippen LogP contribution in [0.2, 0.25) is 0 Å². The van der Waals surface area contributed by atoms with Crippen LogP contribution in [0, 0.1) is 5.92 Å². The van der Waals surface area contributed by atoms with Crippen LogP contribution in [0.25, 0.3) is 6.08 Å². The zero-order valence-electron chi connectivity index (χ0n) is 16.5. The number of ether oxygens (including phenoxy) is 1. The average molecular weight is 391 g/mol. The number of nitrogens with zero attached hydrogens (tertiary/aromatic N) is 2. The van der Waals surface area contributed by atoms with Gasteiger partial charge in [0.2, 0.25) is 11.9 Å². The molecule has 0 fully saturated rings. The van der Waals surface area contributed by atoms with E-state index in [1.54, 1.807) is 37.7 Å². The van der Waals surface area contributed by atoms with Crippen LogP contribution in [0.5, 0.6) is 0 Å². The van der Waals surface area contributed by atoms with Gasteiger partial charge in [-0.05, 0) is 23.8 Å². The number of carbonyl (C=O) groups excluding carboxylic acids is 1. The number of nitrogens with two attached hydrogens (primary N) is 1. The van der Waals surface area contributed by atoms with Crippen LogP contribution in [0.4, 0.5) is 17.3 Å². The fourth-order valence-electron chi connectivity index (χ4n) is 2.95. The Bertz CT molecular complexity index is 934. The Morgan fingerprint density at radius 1 is 1.28 bits per heavy atom. The third-order valence-electron chi connectivity index (χ3n) is 4.54. The van der Waals surface area contributed by atoms with Crippen LogP contribution in [0.15, 0.2) is 66.5 Å². The summed E-state index contributed by atoms with van der Waals surface area (Å²) in [5.74, 6) is 0.580. The van der Waals surface area contributed by atoms with Crippen LogP contribution in [-0.2, 0) is 9.53 Å². The number of aromatic nitrogens is 2. The summed E-state index contributed by atoms with van der Waals surface area (Å²) in [5.41, 5.74) is 8.80. The third-order valence-corrected chi connectivity index (χ3v) is 4.54. The lowest BCUT2D eigenvalue weighted by molar-refractivity contribution is -0.111. The molecule has 1 aromatic heterocycles. The van der Waals surface area contributed by atoms with Crippen molar-refractivity contribution in [2.24, 2.45) is 5.92 Å². The number of para-hydroxylation sites is 2. The number of hydrogen-bond acceptors (Lipinski definition) is 6. The molecular weight excluding hydrogens is 366 g/mol. The normalized spacial score (nSPS) is 18.5. The average Bonchev–Trinajstić information content (AvgIpc) is 2.73. The van der Waals surface area contributed by atoms with Crippen LogP contribution < -0.4 is 16.4 Å². The number of amides is 1. The van der Waals surface area contributed by atoms with E-state index in [2.05, 4.69) is 45.8 Å². The van der Waals surface area contributed by atoms with E-state index in [0.717, 1.165) is 11.1 Å². The number of nitrogens with one attached hydrogen (secondary N) is 2. The summed E-state index contributed by atoms with van der Waals surface area (Å²) in [6.07, 6.45) is 12.8. The van der Waals surface area contributed by atoms with Crippen molar-refractivity contribution in [3.8, 4) is 0 Å². The van der Waals surface area contributed by atoms with Crippen molar-refractivity contribution in [1.29, 1.82) is 0 Å². The number of rotatable bonds is 7. The van der Waals surface area contributed by atoms with Crippen molar-refractivity contribution in [2.75, 3.05) is 30.0 Å². The lowest BCUT2D eigenvalue weighted by atomic mass is 9.95. The number of carbonyl (C=O) groups is 1. The Hall–Kier alpha value is -3.45. The summed E-state index contributed by atoms with van der Waals surface area (Å²) >= 11 is 0. The SMILES string of the molecule is COC1C=CC(CNc2ncc(/C=C/C(=O)Nc3ccccc3N)cn2)=CC1C. The summed E-state index contributed by atoms with van der Waals surface area (Å²) in [4.78, 5) is 20.6. The summed E-state index contributed by atoms with van der Waals surface area (Å²) in [5, 5.41) is 5.93. The zero-order valence-corrected chi connectivity index (χ0v) is 16.5. The largest absolute Gasteiger partial charge is 0.397 e. The molecular formula is C22H25N5O2. The summed E-state index contributed by atoms with van der Waals surface area (Å²) in [6.45, 7) is 2.75. The lowest BCUT2D eigenvalue weighted by Gasteiger charge is -2.21. The van der Waals surface area contributed by atoms with E-state index in [1.165, 1.54) is 6.08 Å². The van der Waals surface area contributed by atoms with Crippen molar-refractivity contribution in [1.82, 2.24) is 9.97 Å². The minimum Gasteiger partial charge on any atom is -0.397 e. The maximum atomic E-state index is 12.0. The second-order valence-corrected chi connectivity index (χ2v) is 6.76. The third kappa shape index (κ3) is 5.76. The van der Waals surface area contributed by atoms with Crippen molar-refractivity contribution < 1.29 is 9.53 Å². The molecule has 3 rings (SSSR count). The minimum atomic E-state index is -0.274. The highest BCUT2D eigenvalue weighted by molar-refractivity contribution is 6.03. The summed E-state index contributed by atoms with van der Waals surface area (Å²) in [7, 11) is 1.72. The Morgan fingerprint density at radius 3 is 2.72 bits per heavy atom. The summed E-state index contributed by atoms with van der Waals surface area (Å²) < 4.78 is 5.39. The van der Waals surface area contributed by atoms with E-state index in [1.807, 2.05) is 12.1 Å². The molecule has 0 saturated carbocycles. The molecule has 0 bridgehead atoms. The smallest absolute Gasteiger partial charge is 0.248 e. The molecule has 2 unspecified atom stereocenters. The maximum Gasteiger partial charge on any atom is 0.248 e. The van der Waals surface area contributed by atoms with Gasteiger partial charge < -0.3 is 21.1 Å². The maximum absolute atomic E-state index is 12.0. The molecule has 150 valence electrons. The van der Waals surface area contributed by atoms with E-state index in [9.17, 15) is 4.79 Å². The van der Waals surface area contributed by atoms with E-state index in [4.69, 9.17) is 10.5 Å². The van der Waals surface area contributed by atoms with Crippen LogP contribution >= 0.6 is 0 Å². The number of anilines is 3. The molecule has 0 radical (unpaired) electrons. The van der Waals surface area contributed by atoms with Gasteiger partial charge in [-0.3, -0.25) is 4.79 Å². The van der Waals surface area contributed by atoms with Gasteiger partial charge in [0.05, 0.1) is 17.5 Å². The van der Waals surface area contributed by atoms with E-state index < -0.39 is 0 Å². The molecule has 7 heteroatoms. The number of methoxy groups -OCH3 is 1. The van der Waals surface area contributed by atoms with Gasteiger partial charge in [0, 0.05) is 43.6 Å². The number of hydrogen-bond donors (Lipinski definition) is 3. The first-order chi connectivity index (χ1) is 14.0. The van der Waals surface area contributed by atoms with Gasteiger partial charge in [-0.15, -0.1) is 0 Å². The molecule has 0 saturated heterocycles. The molecule has 1 amide bonds. The fourth-order valence-corrected chi connectivity index (χ4v) is 2.95. The van der Waals surface area contributed by atoms with Crippen molar-refractivity contribution >= 4 is 29.3 Å². The topological polar surface area (TPSA) is 102 Å². The molecule has 1 heterocycles. The fraction of sp³-hybridized carbons (Fsp3) is 0.227. The number of benzene rings is 1. The van der Waals surface area contributed by atoms with Gasteiger partial charge in [0.25, 0.3) is 0 Å². The van der Waals surface area contributed by atoms with Gasteiger partial charge in [0.1, 0.15) is 0 Å². The highest BCUT2D eigenvalue weighted by Crippen LogP contribution is 2.19. The first-order valence-corrected chi connectivity index (χ1v) is 9.36. The molecule has 2 atom stereocenters. The standard InChI is InChI=1S/C22H25N5O2/c1-15-11-16(7-9-20(15)29-2)12-24-22-25-13-17(14-26-22)8-10-21(28)27-19-6-4-3-5-18(19)23/h3-11,13-15,20H,12,23H2,1-2H3,(H,27,28)(H,24,25,26)/b10-8+. The first kappa shape index (κ1) is 20.3. The van der Waals surface area contributed by atoms with Crippen molar-refractivity contribution in [3.63, 3.8) is 0 Å². The molecule has 1 aliphatic carbocycles. The number of nitrogen functional groups attached to an aromatic ring is 1. The van der Waals surface area contributed by atoms with Gasteiger partial charge in [-0.1, -0.05) is 37.3 Å². The summed E-state index contributed by atoms with van der Waals surface area (Å²) in [6, 6.07) is 7.10. The molecule has 7 nitrogen and oxygen atoms in total. The van der Waals surface area contributed by atoms with Gasteiger partial charge in [-0.25, -0.2) is 9.97 Å². The first-order valence-electron chi connectivity index (χ1n) is 9.36. The van der Waals surface area contributed by atoms with Gasteiger partial charge in [-0.2, -0.15) is 0 Å². The molecule has 0 aliphatic heterocycles. The molecule has 0 spiro atoms.